The topological polar surface area (TPSA) is 166 Å². The molecule has 2 aliphatic heterocycles. The van der Waals surface area contributed by atoms with Gasteiger partial charge in [0, 0.05) is 18.2 Å². The Hall–Kier alpha value is -7.34. The Kier molecular flexibility index (Phi) is 13.2. The van der Waals surface area contributed by atoms with Crippen LogP contribution >= 0.6 is 34.9 Å². The number of carbonyl (C=O) groups excluding carboxylic acids is 3. The number of oxime groups is 1. The minimum absolute atomic E-state index is 0.0822. The quantitative estimate of drug-likeness (QED) is 0.0243. The van der Waals surface area contributed by atoms with E-state index in [9.17, 15) is 14.4 Å². The number of hydrogen-bond acceptors (Lipinski definition) is 14. The van der Waals surface area contributed by atoms with Gasteiger partial charge in [0.05, 0.1) is 0 Å². The van der Waals surface area contributed by atoms with Gasteiger partial charge in [0.2, 0.25) is 5.16 Å². The molecule has 0 saturated carbocycles. The first-order valence-electron chi connectivity index (χ1n) is 20.7. The second-order valence-corrected chi connectivity index (χ2v) is 17.8. The van der Waals surface area contributed by atoms with Crippen LogP contribution in [0.15, 0.2) is 190 Å². The molecule has 17 heteroatoms. The lowest BCUT2D eigenvalue weighted by Gasteiger charge is -2.49. The number of ether oxygens (including phenoxy) is 1. The van der Waals surface area contributed by atoms with Gasteiger partial charge in [0.15, 0.2) is 16.9 Å². The summed E-state index contributed by atoms with van der Waals surface area (Å²) in [6.45, 7) is 0. The highest BCUT2D eigenvalue weighted by Gasteiger charge is 2.55. The molecule has 2 aromatic heterocycles. The Morgan fingerprint density at radius 3 is 1.94 bits per heavy atom. The molecule has 1 saturated heterocycles. The van der Waals surface area contributed by atoms with Gasteiger partial charge < -0.3 is 20.2 Å². The lowest BCUT2D eigenvalue weighted by molar-refractivity contribution is -0.154. The normalized spacial score (nSPS) is 16.2. The number of amides is 2. The molecule has 0 spiro atoms. The highest BCUT2D eigenvalue weighted by molar-refractivity contribution is 8.02. The van der Waals surface area contributed by atoms with Crippen molar-refractivity contribution in [2.24, 2.45) is 12.2 Å². The van der Waals surface area contributed by atoms with Crippen LogP contribution in [0.3, 0.4) is 0 Å². The highest BCUT2D eigenvalue weighted by atomic mass is 32.2. The first kappa shape index (κ1) is 43.9. The van der Waals surface area contributed by atoms with Gasteiger partial charge in [0.25, 0.3) is 11.8 Å². The lowest BCUT2D eigenvalue weighted by Crippen LogP contribution is -2.71. The zero-order valence-corrected chi connectivity index (χ0v) is 38.0. The van der Waals surface area contributed by atoms with Gasteiger partial charge in [-0.05, 0) is 55.3 Å². The monoisotopic (exact) mass is 931 g/mol. The van der Waals surface area contributed by atoms with Crippen molar-refractivity contribution >= 4 is 63.5 Å². The maximum Gasteiger partial charge on any atom is 0.356 e. The predicted octanol–water partition coefficient (Wildman–Crippen LogP) is 7.71. The van der Waals surface area contributed by atoms with E-state index in [0.29, 0.717) is 21.6 Å². The molecule has 4 heterocycles. The van der Waals surface area contributed by atoms with E-state index in [1.807, 2.05) is 115 Å². The van der Waals surface area contributed by atoms with Gasteiger partial charge in [-0.15, -0.1) is 28.2 Å². The fourth-order valence-electron chi connectivity index (χ4n) is 7.89. The summed E-state index contributed by atoms with van der Waals surface area (Å²) < 4.78 is 7.84. The first-order valence-corrected chi connectivity index (χ1v) is 23.5. The molecule has 7 aromatic rings. The number of thioether (sulfide) groups is 2. The van der Waals surface area contributed by atoms with E-state index in [4.69, 9.17) is 14.6 Å². The third-order valence-corrected chi connectivity index (χ3v) is 13.9. The molecule has 2 N–H and O–H groups in total. The van der Waals surface area contributed by atoms with Crippen LogP contribution in [0, 0.1) is 0 Å². The molecule has 0 radical (unpaired) electrons. The van der Waals surface area contributed by atoms with E-state index in [-0.39, 0.29) is 17.1 Å². The Labute approximate surface area is 392 Å². The summed E-state index contributed by atoms with van der Waals surface area (Å²) in [5.74, 6) is -1.53. The average Bonchev–Trinajstić information content (AvgIpc) is 4.02. The number of fused-ring (bicyclic) bond motifs is 1. The van der Waals surface area contributed by atoms with Gasteiger partial charge in [-0.3, -0.25) is 14.5 Å². The number of nitrogens with one attached hydrogen (secondary N) is 2. The van der Waals surface area contributed by atoms with E-state index in [2.05, 4.69) is 67.7 Å². The van der Waals surface area contributed by atoms with E-state index < -0.39 is 40.8 Å². The minimum atomic E-state index is -1.01. The van der Waals surface area contributed by atoms with E-state index in [0.717, 1.165) is 27.8 Å². The smallest absolute Gasteiger partial charge is 0.356 e. The third-order valence-electron chi connectivity index (χ3n) is 11.0. The van der Waals surface area contributed by atoms with Crippen LogP contribution < -0.4 is 10.6 Å². The van der Waals surface area contributed by atoms with Crippen LogP contribution in [0.1, 0.15) is 39.6 Å². The summed E-state index contributed by atoms with van der Waals surface area (Å²) in [5.41, 5.74) is 4.36. The number of aromatic nitrogens is 5. The highest BCUT2D eigenvalue weighted by Crippen LogP contribution is 2.43. The van der Waals surface area contributed by atoms with Crippen molar-refractivity contribution in [3.63, 3.8) is 0 Å². The van der Waals surface area contributed by atoms with Crippen molar-refractivity contribution in [2.45, 2.75) is 28.2 Å². The SMILES string of the molecule is CON=C(C(=O)NC1C(=O)N2C(C(=O)OC(c3ccccc3)c3ccccc3)=C(C=CSc3nnnn3C)CSC12)c1csc(NC(c2ccccc2)(c2ccccc2)c2ccccc2)n1. The summed E-state index contributed by atoms with van der Waals surface area (Å²) in [7, 11) is 3.06. The van der Waals surface area contributed by atoms with Gasteiger partial charge in [-0.2, -0.15) is 0 Å². The average molecular weight is 932 g/mol. The number of esters is 1. The van der Waals surface area contributed by atoms with Crippen molar-refractivity contribution in [1.82, 2.24) is 35.4 Å². The maximum atomic E-state index is 14.5. The number of rotatable bonds is 16. The molecule has 1 fully saturated rings. The fraction of sp³-hybridized carbons (Fsp3) is 0.143. The zero-order valence-electron chi connectivity index (χ0n) is 35.5. The zero-order chi connectivity index (χ0) is 45.5. The number of thiazole rings is 1. The van der Waals surface area contributed by atoms with E-state index in [1.165, 1.54) is 51.6 Å². The van der Waals surface area contributed by atoms with Crippen LogP contribution in [-0.4, -0.2) is 77.9 Å². The first-order chi connectivity index (χ1) is 32.4. The fourth-order valence-corrected chi connectivity index (χ4v) is 10.6. The van der Waals surface area contributed by atoms with E-state index in [1.54, 1.807) is 23.9 Å². The van der Waals surface area contributed by atoms with Crippen molar-refractivity contribution in [1.29, 1.82) is 0 Å². The molecular formula is C49H41N9O5S3. The summed E-state index contributed by atoms with van der Waals surface area (Å²) in [6.07, 6.45) is 0.998. The van der Waals surface area contributed by atoms with Crippen molar-refractivity contribution < 1.29 is 24.0 Å². The lowest BCUT2D eigenvalue weighted by atomic mass is 9.77. The second kappa shape index (κ2) is 19.8. The standard InChI is InChI=1S/C49H41N9O5S3/c1-57-48(53-55-56-57)64-29-28-34-30-65-45-40(44(60)58(45)41(34)46(61)63-42(32-18-8-3-9-19-32)33-20-10-4-11-21-33)51-43(59)39(54-62-2)38-31-66-47(50-38)52-49(35-22-12-5-13-23-35,36-24-14-6-15-25-36)37-26-16-7-17-27-37/h3-29,31,40,42,45H,30H2,1-2H3,(H,50,52)(H,51,59). The Balaban J connectivity index is 0.986. The molecule has 14 nitrogen and oxygen atoms in total. The Morgan fingerprint density at radius 2 is 1.41 bits per heavy atom. The Bertz CT molecular complexity index is 2780. The molecule has 2 aliphatic rings. The third kappa shape index (κ3) is 8.87. The van der Waals surface area contributed by atoms with Crippen LogP contribution in [-0.2, 0) is 36.5 Å². The molecule has 2 atom stereocenters. The molecule has 0 aliphatic carbocycles. The number of carbonyl (C=O) groups is 3. The molecule has 9 rings (SSSR count). The summed E-state index contributed by atoms with van der Waals surface area (Å²) in [6, 6.07) is 48.1. The van der Waals surface area contributed by atoms with Crippen LogP contribution in [0.4, 0.5) is 5.13 Å². The van der Waals surface area contributed by atoms with Crippen molar-refractivity contribution in [3.05, 3.63) is 213 Å². The van der Waals surface area contributed by atoms with Crippen molar-refractivity contribution in [2.75, 3.05) is 18.2 Å². The van der Waals surface area contributed by atoms with Crippen LogP contribution in [0.5, 0.6) is 0 Å². The molecule has 0 bridgehead atoms. The van der Waals surface area contributed by atoms with Gasteiger partial charge >= 0.3 is 5.97 Å². The number of β-lactam (4-membered cyclic amide) rings is 1. The summed E-state index contributed by atoms with van der Waals surface area (Å²) in [4.78, 5) is 54.5. The van der Waals surface area contributed by atoms with Crippen LogP contribution in [0.25, 0.3) is 0 Å². The summed E-state index contributed by atoms with van der Waals surface area (Å²) in [5, 5.41) is 26.2. The largest absolute Gasteiger partial charge is 0.448 e. The number of tetrazole rings is 1. The number of anilines is 1. The van der Waals surface area contributed by atoms with Gasteiger partial charge in [-0.25, -0.2) is 14.5 Å². The summed E-state index contributed by atoms with van der Waals surface area (Å²) >= 11 is 3.97. The molecule has 66 heavy (non-hydrogen) atoms. The molecular weight excluding hydrogens is 891 g/mol. The number of allylic oxidation sites excluding steroid dienone is 1. The molecule has 2 unspecified atom stereocenters. The number of nitrogens with zero attached hydrogens (tertiary/aromatic N) is 7. The molecule has 5 aromatic carbocycles. The maximum absolute atomic E-state index is 14.5. The number of aryl methyl sites for hydroxylation is 1. The van der Waals surface area contributed by atoms with Gasteiger partial charge in [0.1, 0.15) is 35.5 Å². The predicted molar refractivity (Wildman–Crippen MR) is 255 cm³/mol. The second-order valence-electron chi connectivity index (χ2n) is 15.0. The molecule has 330 valence electrons. The Morgan fingerprint density at radius 1 is 0.848 bits per heavy atom. The molecule has 2 amide bonds. The van der Waals surface area contributed by atoms with Crippen LogP contribution in [0.2, 0.25) is 0 Å². The van der Waals surface area contributed by atoms with Crippen molar-refractivity contribution in [3.8, 4) is 0 Å². The van der Waals surface area contributed by atoms with Gasteiger partial charge in [-0.1, -0.05) is 169 Å². The number of benzene rings is 5. The van der Waals surface area contributed by atoms with E-state index >= 15 is 0 Å². The number of hydrogen-bond donors (Lipinski definition) is 2. The minimum Gasteiger partial charge on any atom is -0.448 e.